The number of nitrogens with zero attached hydrogens (tertiary/aromatic N) is 1. The molecule has 0 bridgehead atoms. The third kappa shape index (κ3) is 2.13. The van der Waals surface area contributed by atoms with Crippen molar-refractivity contribution in [3.05, 3.63) is 33.9 Å². The lowest BCUT2D eigenvalue weighted by Crippen LogP contribution is -2.28. The van der Waals surface area contributed by atoms with Crippen molar-refractivity contribution in [2.75, 3.05) is 5.32 Å². The molecule has 1 aromatic heterocycles. The van der Waals surface area contributed by atoms with Gasteiger partial charge < -0.3 is 15.0 Å². The van der Waals surface area contributed by atoms with Crippen LogP contribution in [0, 0.1) is 5.82 Å². The second-order valence-corrected chi connectivity index (χ2v) is 7.37. The Bertz CT molecular complexity index is 980. The Hall–Kier alpha value is -2.35. The predicted molar refractivity (Wildman–Crippen MR) is 87.3 cm³/mol. The number of carboxylic acid groups (broad SMARTS) is 1. The van der Waals surface area contributed by atoms with E-state index in [2.05, 4.69) is 5.32 Å². The molecular formula is C16H13FN2O4S. The van der Waals surface area contributed by atoms with Gasteiger partial charge in [-0.2, -0.15) is 0 Å². The van der Waals surface area contributed by atoms with Gasteiger partial charge in [0.2, 0.25) is 11.3 Å². The van der Waals surface area contributed by atoms with Gasteiger partial charge in [-0.15, -0.1) is 11.8 Å². The molecule has 1 saturated carbocycles. The largest absolute Gasteiger partial charge is 0.477 e. The molecule has 1 aliphatic heterocycles. The second kappa shape index (κ2) is 5.07. The van der Waals surface area contributed by atoms with Gasteiger partial charge in [-0.25, -0.2) is 9.18 Å². The summed E-state index contributed by atoms with van der Waals surface area (Å²) in [5, 5.41) is 11.5. The van der Waals surface area contributed by atoms with Crippen LogP contribution in [0.3, 0.4) is 0 Å². The fraction of sp³-hybridized carbons (Fsp3) is 0.312. The molecule has 1 aliphatic carbocycles. The van der Waals surface area contributed by atoms with E-state index in [4.69, 9.17) is 0 Å². The number of amides is 1. The second-order valence-electron chi connectivity index (χ2n) is 6.02. The van der Waals surface area contributed by atoms with Gasteiger partial charge in [0.1, 0.15) is 11.4 Å². The zero-order valence-corrected chi connectivity index (χ0v) is 13.4. The van der Waals surface area contributed by atoms with Crippen molar-refractivity contribution >= 4 is 40.2 Å². The molecule has 2 N–H and O–H groups in total. The molecule has 0 radical (unpaired) electrons. The van der Waals surface area contributed by atoms with Gasteiger partial charge in [0.05, 0.1) is 26.7 Å². The van der Waals surface area contributed by atoms with Crippen LogP contribution in [-0.2, 0) is 4.79 Å². The molecule has 2 aliphatic rings. The van der Waals surface area contributed by atoms with E-state index >= 15 is 0 Å². The molecule has 6 nitrogen and oxygen atoms in total. The minimum atomic E-state index is -1.35. The van der Waals surface area contributed by atoms with Crippen LogP contribution in [0.5, 0.6) is 0 Å². The molecule has 124 valence electrons. The lowest BCUT2D eigenvalue weighted by molar-refractivity contribution is -0.115. The minimum Gasteiger partial charge on any atom is -0.477 e. The Morgan fingerprint density at radius 1 is 1.42 bits per heavy atom. The summed E-state index contributed by atoms with van der Waals surface area (Å²) in [4.78, 5) is 36.1. The zero-order chi connectivity index (χ0) is 17.2. The van der Waals surface area contributed by atoms with Gasteiger partial charge in [-0.05, 0) is 25.8 Å². The number of aromatic carboxylic acids is 1. The molecule has 2 aromatic rings. The molecule has 2 heterocycles. The third-order valence-electron chi connectivity index (χ3n) is 4.31. The molecule has 0 unspecified atom stereocenters. The summed E-state index contributed by atoms with van der Waals surface area (Å²) in [6, 6.07) is 1.14. The van der Waals surface area contributed by atoms with E-state index < -0.39 is 28.0 Å². The molecule has 1 atom stereocenters. The molecular weight excluding hydrogens is 335 g/mol. The number of benzene rings is 1. The van der Waals surface area contributed by atoms with Crippen LogP contribution in [0.15, 0.2) is 22.0 Å². The van der Waals surface area contributed by atoms with Crippen LogP contribution in [-0.4, -0.2) is 26.8 Å². The SMILES string of the molecule is C[C@H]1Sc2c(F)cc3c(=O)c(C(=O)O)cn(C4CC4)c3c2NC1=O. The molecule has 1 fully saturated rings. The number of halogens is 1. The first kappa shape index (κ1) is 15.2. The Morgan fingerprint density at radius 3 is 2.75 bits per heavy atom. The average Bonchev–Trinajstić information content (AvgIpc) is 3.35. The van der Waals surface area contributed by atoms with Gasteiger partial charge in [-0.1, -0.05) is 0 Å². The van der Waals surface area contributed by atoms with Gasteiger partial charge in [-0.3, -0.25) is 9.59 Å². The summed E-state index contributed by atoms with van der Waals surface area (Å²) >= 11 is 1.10. The van der Waals surface area contributed by atoms with E-state index in [0.29, 0.717) is 5.52 Å². The molecule has 1 aromatic carbocycles. The highest BCUT2D eigenvalue weighted by Gasteiger charge is 2.33. The van der Waals surface area contributed by atoms with Gasteiger partial charge in [0.15, 0.2) is 0 Å². The Balaban J connectivity index is 2.14. The highest BCUT2D eigenvalue weighted by Crippen LogP contribution is 2.45. The van der Waals surface area contributed by atoms with Crippen LogP contribution in [0.2, 0.25) is 0 Å². The number of carboxylic acids is 1. The van der Waals surface area contributed by atoms with Crippen molar-refractivity contribution in [3.63, 3.8) is 0 Å². The van der Waals surface area contributed by atoms with E-state index in [9.17, 15) is 23.9 Å². The fourth-order valence-corrected chi connectivity index (χ4v) is 3.91. The standard InChI is InChI=1S/C16H13FN2O4S/c1-6-15(21)18-11-12-8(4-10(17)14(11)24-6)13(20)9(16(22)23)5-19(12)7-2-3-7/h4-7H,2-3H2,1H3,(H,18,21)(H,22,23)/t6-/m1/s1. The first-order valence-corrected chi connectivity index (χ1v) is 8.38. The van der Waals surface area contributed by atoms with E-state index in [1.807, 2.05) is 0 Å². The first-order chi connectivity index (χ1) is 11.4. The van der Waals surface area contributed by atoms with Crippen molar-refractivity contribution in [2.45, 2.75) is 36.0 Å². The van der Waals surface area contributed by atoms with Crippen molar-refractivity contribution in [1.29, 1.82) is 0 Å². The number of carbonyl (C=O) groups is 2. The number of hydrogen-bond acceptors (Lipinski definition) is 4. The molecule has 1 amide bonds. The van der Waals surface area contributed by atoms with Crippen LogP contribution < -0.4 is 10.7 Å². The molecule has 0 spiro atoms. The van der Waals surface area contributed by atoms with Gasteiger partial charge in [0, 0.05) is 12.2 Å². The number of pyridine rings is 1. The smallest absolute Gasteiger partial charge is 0.341 e. The maximum atomic E-state index is 14.5. The number of carbonyl (C=O) groups excluding carboxylic acids is 1. The highest BCUT2D eigenvalue weighted by atomic mass is 32.2. The van der Waals surface area contributed by atoms with Crippen molar-refractivity contribution < 1.29 is 19.1 Å². The summed E-state index contributed by atoms with van der Waals surface area (Å²) in [5.41, 5.74) is -0.471. The van der Waals surface area contributed by atoms with E-state index in [0.717, 1.165) is 30.7 Å². The van der Waals surface area contributed by atoms with Gasteiger partial charge >= 0.3 is 5.97 Å². The summed E-state index contributed by atoms with van der Waals surface area (Å²) in [6.45, 7) is 1.67. The minimum absolute atomic E-state index is 0.0199. The molecule has 24 heavy (non-hydrogen) atoms. The summed E-state index contributed by atoms with van der Waals surface area (Å²) in [6.07, 6.45) is 3.00. The number of hydrogen-bond donors (Lipinski definition) is 2. The number of thioether (sulfide) groups is 1. The number of fused-ring (bicyclic) bond motifs is 3. The Morgan fingerprint density at radius 2 is 2.12 bits per heavy atom. The van der Waals surface area contributed by atoms with Crippen LogP contribution in [0.25, 0.3) is 10.9 Å². The number of rotatable bonds is 2. The maximum absolute atomic E-state index is 14.5. The van der Waals surface area contributed by atoms with E-state index in [1.54, 1.807) is 11.5 Å². The maximum Gasteiger partial charge on any atom is 0.341 e. The zero-order valence-electron chi connectivity index (χ0n) is 12.6. The van der Waals surface area contributed by atoms with Crippen LogP contribution in [0.4, 0.5) is 10.1 Å². The van der Waals surface area contributed by atoms with Gasteiger partial charge in [0.25, 0.3) is 0 Å². The molecule has 0 saturated heterocycles. The van der Waals surface area contributed by atoms with E-state index in [1.165, 1.54) is 6.20 Å². The lowest BCUT2D eigenvalue weighted by atomic mass is 10.1. The lowest BCUT2D eigenvalue weighted by Gasteiger charge is -2.25. The Kier molecular flexibility index (Phi) is 3.21. The van der Waals surface area contributed by atoms with Crippen molar-refractivity contribution in [2.24, 2.45) is 0 Å². The van der Waals surface area contributed by atoms with E-state index in [-0.39, 0.29) is 27.9 Å². The summed E-state index contributed by atoms with van der Waals surface area (Å²) in [5.74, 6) is -2.24. The monoisotopic (exact) mass is 348 g/mol. The predicted octanol–water partition coefficient (Wildman–Crippen LogP) is 2.61. The normalized spacial score (nSPS) is 19.9. The fourth-order valence-electron chi connectivity index (χ4n) is 2.95. The number of anilines is 1. The third-order valence-corrected chi connectivity index (χ3v) is 5.51. The molecule has 4 rings (SSSR count). The van der Waals surface area contributed by atoms with Crippen molar-refractivity contribution in [1.82, 2.24) is 4.57 Å². The highest BCUT2D eigenvalue weighted by molar-refractivity contribution is 8.01. The first-order valence-electron chi connectivity index (χ1n) is 7.50. The number of aromatic nitrogens is 1. The Labute approximate surface area is 139 Å². The average molecular weight is 348 g/mol. The number of nitrogens with one attached hydrogen (secondary N) is 1. The topological polar surface area (TPSA) is 88.4 Å². The van der Waals surface area contributed by atoms with Crippen LogP contribution >= 0.6 is 11.8 Å². The summed E-state index contributed by atoms with van der Waals surface area (Å²) in [7, 11) is 0. The quantitative estimate of drug-likeness (QED) is 0.871. The molecule has 8 heteroatoms. The summed E-state index contributed by atoms with van der Waals surface area (Å²) < 4.78 is 16.2. The van der Waals surface area contributed by atoms with Crippen LogP contribution in [0.1, 0.15) is 36.2 Å². The van der Waals surface area contributed by atoms with Crippen molar-refractivity contribution in [3.8, 4) is 0 Å².